The van der Waals surface area contributed by atoms with Crippen LogP contribution < -0.4 is 20.7 Å². The van der Waals surface area contributed by atoms with Gasteiger partial charge in [-0.05, 0) is 73.6 Å². The van der Waals surface area contributed by atoms with Crippen molar-refractivity contribution in [2.24, 2.45) is 7.05 Å². The van der Waals surface area contributed by atoms with Crippen LogP contribution in [-0.2, 0) is 37.6 Å². The minimum absolute atomic E-state index is 0.0534. The molecule has 0 saturated carbocycles. The van der Waals surface area contributed by atoms with Gasteiger partial charge in [0.1, 0.15) is 17.2 Å². The summed E-state index contributed by atoms with van der Waals surface area (Å²) in [6, 6.07) is 14.5. The highest BCUT2D eigenvalue weighted by atomic mass is 16.5. The van der Waals surface area contributed by atoms with Crippen molar-refractivity contribution in [3.05, 3.63) is 81.5 Å². The number of nitrogens with one attached hydrogen (secondary N) is 1. The van der Waals surface area contributed by atoms with Gasteiger partial charge >= 0.3 is 0 Å². The Morgan fingerprint density at radius 1 is 0.957 bits per heavy atom. The maximum absolute atomic E-state index is 13.9. The molecular formula is C36H42N8O3. The molecule has 8 rings (SSSR count). The zero-order valence-corrected chi connectivity index (χ0v) is 27.2. The second kappa shape index (κ2) is 12.3. The molecule has 0 atom stereocenters. The number of carbonyl (C=O) groups is 1. The standard InChI is InChI=1S/C36H42N8O3/c1-3-27-28(8-6-10-32(27)44-18-17-43-31-9-5-4-7-24(31)19-33(43)36(44)46)29-20-30(35(45)40(2)39-29)38-34-12-11-25(21-37-34)41-13-15-42(16-14-41)26-22-47-23-26/h6,8,10-12,19-21,26H,3-5,7,9,13-18,22-23H2,1-2H3,(H,37,38). The number of nitrogens with zero attached hydrogens (tertiary/aromatic N) is 7. The van der Waals surface area contributed by atoms with Gasteiger partial charge in [0.05, 0.1) is 36.8 Å². The Bertz CT molecular complexity index is 1870. The highest BCUT2D eigenvalue weighted by Gasteiger charge is 2.32. The Kier molecular flexibility index (Phi) is 7.81. The molecule has 6 heterocycles. The molecule has 47 heavy (non-hydrogen) atoms. The molecule has 0 bridgehead atoms. The van der Waals surface area contributed by atoms with E-state index in [4.69, 9.17) is 4.74 Å². The molecule has 1 amide bonds. The maximum Gasteiger partial charge on any atom is 0.290 e. The Hall–Kier alpha value is -4.48. The summed E-state index contributed by atoms with van der Waals surface area (Å²) in [5, 5.41) is 7.92. The number of anilines is 4. The number of hydrogen-bond donors (Lipinski definition) is 1. The van der Waals surface area contributed by atoms with E-state index in [0.29, 0.717) is 36.2 Å². The molecule has 2 saturated heterocycles. The van der Waals surface area contributed by atoms with E-state index in [0.717, 1.165) is 87.0 Å². The molecule has 4 aliphatic rings. The molecule has 0 unspecified atom stereocenters. The van der Waals surface area contributed by atoms with Gasteiger partial charge in [-0.2, -0.15) is 5.10 Å². The Balaban J connectivity index is 1.04. The van der Waals surface area contributed by atoms with Gasteiger partial charge in [0.2, 0.25) is 0 Å². The normalized spacial score (nSPS) is 18.6. The maximum atomic E-state index is 13.9. The molecule has 1 aliphatic carbocycles. The number of ether oxygens (including phenoxy) is 1. The fraction of sp³-hybridized carbons (Fsp3) is 0.444. The molecule has 3 aromatic heterocycles. The van der Waals surface area contributed by atoms with E-state index in [-0.39, 0.29) is 11.5 Å². The van der Waals surface area contributed by atoms with E-state index >= 15 is 0 Å². The van der Waals surface area contributed by atoms with Gasteiger partial charge < -0.3 is 24.4 Å². The van der Waals surface area contributed by atoms with Gasteiger partial charge in [0.15, 0.2) is 0 Å². The summed E-state index contributed by atoms with van der Waals surface area (Å²) >= 11 is 0. The van der Waals surface area contributed by atoms with Crippen molar-refractivity contribution in [3.63, 3.8) is 0 Å². The topological polar surface area (TPSA) is 101 Å². The fourth-order valence-electron chi connectivity index (χ4n) is 7.70. The molecule has 0 radical (unpaired) electrons. The third-order valence-corrected chi connectivity index (χ3v) is 10.4. The third-order valence-electron chi connectivity index (χ3n) is 10.4. The summed E-state index contributed by atoms with van der Waals surface area (Å²) in [5.74, 6) is 0.653. The van der Waals surface area contributed by atoms with Gasteiger partial charge in [-0.15, -0.1) is 0 Å². The van der Waals surface area contributed by atoms with Gasteiger partial charge in [-0.25, -0.2) is 9.67 Å². The quantitative estimate of drug-likeness (QED) is 0.326. The van der Waals surface area contributed by atoms with Crippen LogP contribution in [0, 0.1) is 0 Å². The van der Waals surface area contributed by atoms with Crippen molar-refractivity contribution in [1.29, 1.82) is 0 Å². The second-order valence-corrected chi connectivity index (χ2v) is 13.1. The molecule has 244 valence electrons. The number of pyridine rings is 1. The number of carbonyl (C=O) groups excluding carboxylic acids is 1. The van der Waals surface area contributed by atoms with E-state index in [1.54, 1.807) is 13.1 Å². The summed E-state index contributed by atoms with van der Waals surface area (Å²) in [6.07, 6.45) is 7.08. The number of hydrogen-bond acceptors (Lipinski definition) is 8. The first-order valence-electron chi connectivity index (χ1n) is 17.0. The third kappa shape index (κ3) is 5.41. The van der Waals surface area contributed by atoms with Crippen LogP contribution in [0.2, 0.25) is 0 Å². The number of rotatable bonds is 7. The van der Waals surface area contributed by atoms with Crippen molar-refractivity contribution in [2.45, 2.75) is 51.6 Å². The number of aryl methyl sites for hydroxylation is 2. The van der Waals surface area contributed by atoms with Crippen LogP contribution in [0.25, 0.3) is 11.3 Å². The molecule has 3 aliphatic heterocycles. The molecule has 2 fully saturated rings. The summed E-state index contributed by atoms with van der Waals surface area (Å²) < 4.78 is 8.98. The van der Waals surface area contributed by atoms with Crippen LogP contribution in [0.15, 0.2) is 53.5 Å². The first-order valence-corrected chi connectivity index (χ1v) is 17.0. The van der Waals surface area contributed by atoms with E-state index in [1.165, 1.54) is 28.8 Å². The average Bonchev–Trinajstić information content (AvgIpc) is 3.46. The van der Waals surface area contributed by atoms with Crippen LogP contribution in [0.3, 0.4) is 0 Å². The van der Waals surface area contributed by atoms with E-state index in [2.05, 4.69) is 48.8 Å². The summed E-state index contributed by atoms with van der Waals surface area (Å²) in [4.78, 5) is 38.6. The lowest BCUT2D eigenvalue weighted by atomic mass is 9.98. The molecule has 11 heteroatoms. The predicted octanol–water partition coefficient (Wildman–Crippen LogP) is 4.01. The highest BCUT2D eigenvalue weighted by Crippen LogP contribution is 2.35. The van der Waals surface area contributed by atoms with Gasteiger partial charge in [-0.1, -0.05) is 19.1 Å². The SMILES string of the molecule is CCc1c(-c2cc(Nc3ccc(N4CCN(C5COC5)CC4)cn3)c(=O)n(C)n2)cccc1N1CCn2c(cc3c2CCCC3)C1=O. The molecular weight excluding hydrogens is 592 g/mol. The first kappa shape index (κ1) is 29.9. The summed E-state index contributed by atoms with van der Waals surface area (Å²) in [5.41, 5.74) is 8.25. The Morgan fingerprint density at radius 2 is 1.79 bits per heavy atom. The van der Waals surface area contributed by atoms with Crippen molar-refractivity contribution in [1.82, 2.24) is 24.2 Å². The van der Waals surface area contributed by atoms with Gasteiger partial charge in [0.25, 0.3) is 11.5 Å². The average molecular weight is 635 g/mol. The highest BCUT2D eigenvalue weighted by molar-refractivity contribution is 6.07. The monoisotopic (exact) mass is 634 g/mol. The molecule has 1 N–H and O–H groups in total. The smallest absolute Gasteiger partial charge is 0.290 e. The summed E-state index contributed by atoms with van der Waals surface area (Å²) in [7, 11) is 1.67. The van der Waals surface area contributed by atoms with Crippen LogP contribution in [-0.4, -0.2) is 82.1 Å². The molecule has 1 aromatic carbocycles. The van der Waals surface area contributed by atoms with E-state index in [9.17, 15) is 9.59 Å². The number of piperazine rings is 1. The van der Waals surface area contributed by atoms with Crippen LogP contribution in [0.5, 0.6) is 0 Å². The van der Waals surface area contributed by atoms with E-state index < -0.39 is 0 Å². The Morgan fingerprint density at radius 3 is 2.53 bits per heavy atom. The molecule has 4 aromatic rings. The first-order chi connectivity index (χ1) is 23.0. The number of amides is 1. The predicted molar refractivity (Wildman–Crippen MR) is 183 cm³/mol. The van der Waals surface area contributed by atoms with Gasteiger partial charge in [0, 0.05) is 63.3 Å². The van der Waals surface area contributed by atoms with Crippen molar-refractivity contribution < 1.29 is 9.53 Å². The largest absolute Gasteiger partial charge is 0.378 e. The molecule has 0 spiro atoms. The number of fused-ring (bicyclic) bond motifs is 3. The number of aromatic nitrogens is 4. The lowest BCUT2D eigenvalue weighted by Gasteiger charge is -2.43. The zero-order chi connectivity index (χ0) is 32.1. The van der Waals surface area contributed by atoms with Crippen molar-refractivity contribution in [3.8, 4) is 11.3 Å². The van der Waals surface area contributed by atoms with Crippen LogP contribution >= 0.6 is 0 Å². The minimum Gasteiger partial charge on any atom is -0.378 e. The lowest BCUT2D eigenvalue weighted by molar-refractivity contribution is -0.0660. The minimum atomic E-state index is -0.235. The Labute approximate surface area is 274 Å². The van der Waals surface area contributed by atoms with Crippen molar-refractivity contribution >= 4 is 28.8 Å². The second-order valence-electron chi connectivity index (χ2n) is 13.1. The fourth-order valence-corrected chi connectivity index (χ4v) is 7.70. The zero-order valence-electron chi connectivity index (χ0n) is 27.2. The van der Waals surface area contributed by atoms with E-state index in [1.807, 2.05) is 35.4 Å². The van der Waals surface area contributed by atoms with Crippen molar-refractivity contribution in [2.75, 3.05) is 61.1 Å². The van der Waals surface area contributed by atoms with Gasteiger partial charge in [-0.3, -0.25) is 14.5 Å². The number of benzene rings is 1. The van der Waals surface area contributed by atoms with Crippen LogP contribution in [0.4, 0.5) is 22.9 Å². The summed E-state index contributed by atoms with van der Waals surface area (Å²) in [6.45, 7) is 9.17. The van der Waals surface area contributed by atoms with Crippen LogP contribution in [0.1, 0.15) is 47.1 Å². The lowest BCUT2D eigenvalue weighted by Crippen LogP contribution is -2.56. The molecule has 11 nitrogen and oxygen atoms in total.